The number of fused-ring (bicyclic) bond motifs is 1. The lowest BCUT2D eigenvalue weighted by atomic mass is 10.0. The molecule has 4 nitrogen and oxygen atoms in total. The summed E-state index contributed by atoms with van der Waals surface area (Å²) >= 11 is 6.26. The van der Waals surface area contributed by atoms with Crippen molar-refractivity contribution in [2.75, 3.05) is 0 Å². The van der Waals surface area contributed by atoms with Gasteiger partial charge in [0.1, 0.15) is 11.3 Å². The molecule has 0 unspecified atom stereocenters. The number of hydrogen-bond donors (Lipinski definition) is 0. The third-order valence-corrected chi connectivity index (χ3v) is 5.75. The smallest absolute Gasteiger partial charge is 0.167 e. The van der Waals surface area contributed by atoms with E-state index in [-0.39, 0.29) is 0 Å². The minimum atomic E-state index is 0.563. The van der Waals surface area contributed by atoms with E-state index >= 15 is 0 Å². The largest absolute Gasteiger partial charge is 0.456 e. The molecule has 2 heterocycles. The van der Waals surface area contributed by atoms with Crippen LogP contribution < -0.4 is 0 Å². The molecular weight excluding hydrogens is 430 g/mol. The first kappa shape index (κ1) is 21.1. The summed E-state index contributed by atoms with van der Waals surface area (Å²) in [5.41, 5.74) is 4.54. The maximum absolute atomic E-state index is 6.32. The quantitative estimate of drug-likeness (QED) is 0.273. The Morgan fingerprint density at radius 1 is 0.818 bits per heavy atom. The summed E-state index contributed by atoms with van der Waals surface area (Å²) in [7, 11) is 0. The Morgan fingerprint density at radius 3 is 2.24 bits per heavy atom. The van der Waals surface area contributed by atoms with Crippen LogP contribution in [0.5, 0.6) is 0 Å². The van der Waals surface area contributed by atoms with Crippen LogP contribution in [0.15, 0.2) is 83.3 Å². The van der Waals surface area contributed by atoms with E-state index in [1.54, 1.807) is 0 Å². The predicted octanol–water partition coefficient (Wildman–Crippen LogP) is 7.87. The Hall–Kier alpha value is -3.76. The highest BCUT2D eigenvalue weighted by atomic mass is 35.5. The molecule has 0 bridgehead atoms. The molecule has 0 aliphatic rings. The first-order chi connectivity index (χ1) is 16.2. The van der Waals surface area contributed by atoms with Gasteiger partial charge in [0.05, 0.1) is 5.56 Å². The molecule has 0 aliphatic carbocycles. The van der Waals surface area contributed by atoms with Gasteiger partial charge in [-0.1, -0.05) is 79.2 Å². The Labute approximate surface area is 197 Å². The molecule has 2 aromatic heterocycles. The van der Waals surface area contributed by atoms with Gasteiger partial charge in [0.15, 0.2) is 17.5 Å². The molecule has 5 aromatic rings. The van der Waals surface area contributed by atoms with Crippen molar-refractivity contribution < 1.29 is 4.42 Å². The van der Waals surface area contributed by atoms with Crippen molar-refractivity contribution in [1.82, 2.24) is 15.0 Å². The van der Waals surface area contributed by atoms with Crippen LogP contribution in [0.1, 0.15) is 25.2 Å². The lowest BCUT2D eigenvalue weighted by molar-refractivity contribution is 0.599. The summed E-state index contributed by atoms with van der Waals surface area (Å²) in [5.74, 6) is 2.60. The number of aromatic nitrogens is 3. The second kappa shape index (κ2) is 9.00. The average molecular weight is 452 g/mol. The molecule has 3 aromatic carbocycles. The van der Waals surface area contributed by atoms with Gasteiger partial charge in [-0.2, -0.15) is 0 Å². The number of benzene rings is 3. The molecule has 0 aliphatic heterocycles. The van der Waals surface area contributed by atoms with Gasteiger partial charge in [0, 0.05) is 27.1 Å². The predicted molar refractivity (Wildman–Crippen MR) is 135 cm³/mol. The van der Waals surface area contributed by atoms with Gasteiger partial charge in [0.2, 0.25) is 0 Å². The van der Waals surface area contributed by atoms with Gasteiger partial charge in [0.25, 0.3) is 0 Å². The van der Waals surface area contributed by atoms with Gasteiger partial charge >= 0.3 is 0 Å². The Bertz CT molecular complexity index is 1470. The lowest BCUT2D eigenvalue weighted by Gasteiger charge is -2.09. The summed E-state index contributed by atoms with van der Waals surface area (Å²) < 4.78 is 6.32. The highest BCUT2D eigenvalue weighted by Crippen LogP contribution is 2.35. The summed E-state index contributed by atoms with van der Waals surface area (Å²) in [5, 5.41) is 1.71. The molecule has 0 N–H and O–H groups in total. The summed E-state index contributed by atoms with van der Waals surface area (Å²) in [6.07, 6.45) is 4.86. The van der Waals surface area contributed by atoms with E-state index in [1.807, 2.05) is 85.8 Å². The van der Waals surface area contributed by atoms with Crippen molar-refractivity contribution in [2.24, 2.45) is 0 Å². The highest BCUT2D eigenvalue weighted by molar-refractivity contribution is 6.30. The SMILES string of the molecule is C/C=C\c1oc2c(-c3nc(-c4ccccc4)nc(-c4cccc(Cl)c4)n3)cccc2c1CC. The van der Waals surface area contributed by atoms with Crippen LogP contribution in [0.2, 0.25) is 5.02 Å². The third kappa shape index (κ3) is 4.06. The van der Waals surface area contributed by atoms with E-state index in [0.29, 0.717) is 22.5 Å². The number of aryl methyl sites for hydroxylation is 1. The van der Waals surface area contributed by atoms with Crippen LogP contribution in [0.3, 0.4) is 0 Å². The van der Waals surface area contributed by atoms with Crippen molar-refractivity contribution >= 4 is 28.6 Å². The number of allylic oxidation sites excluding steroid dienone is 1. The van der Waals surface area contributed by atoms with Gasteiger partial charge in [-0.15, -0.1) is 0 Å². The number of halogens is 1. The highest BCUT2D eigenvalue weighted by Gasteiger charge is 2.18. The number of hydrogen-bond acceptors (Lipinski definition) is 4. The number of nitrogens with zero attached hydrogens (tertiary/aromatic N) is 3. The minimum absolute atomic E-state index is 0.563. The maximum atomic E-state index is 6.32. The normalized spacial score (nSPS) is 11.5. The van der Waals surface area contributed by atoms with Crippen molar-refractivity contribution in [1.29, 1.82) is 0 Å². The van der Waals surface area contributed by atoms with Crippen LogP contribution in [0.25, 0.3) is 51.2 Å². The average Bonchev–Trinajstić information content (AvgIpc) is 3.21. The molecular formula is C28H22ClN3O. The fourth-order valence-corrected chi connectivity index (χ4v) is 4.18. The standard InChI is InChI=1S/C28H22ClN3O/c1-3-10-24-21(4-2)22-15-9-16-23(25(22)33-24)28-31-26(18-11-6-5-7-12-18)30-27(32-28)19-13-8-14-20(29)17-19/h3,5-17H,4H2,1-2H3/b10-3-. The Morgan fingerprint density at radius 2 is 1.52 bits per heavy atom. The van der Waals surface area contributed by atoms with Gasteiger partial charge in [-0.3, -0.25) is 0 Å². The number of furan rings is 1. The number of para-hydroxylation sites is 1. The minimum Gasteiger partial charge on any atom is -0.456 e. The fourth-order valence-electron chi connectivity index (χ4n) is 3.99. The molecule has 0 saturated heterocycles. The van der Waals surface area contributed by atoms with Crippen molar-refractivity contribution in [3.63, 3.8) is 0 Å². The molecule has 0 spiro atoms. The first-order valence-electron chi connectivity index (χ1n) is 10.9. The fraction of sp³-hybridized carbons (Fsp3) is 0.107. The van der Waals surface area contributed by atoms with Crippen LogP contribution in [0, 0.1) is 0 Å². The zero-order valence-corrected chi connectivity index (χ0v) is 19.2. The maximum Gasteiger partial charge on any atom is 0.167 e. The summed E-state index contributed by atoms with van der Waals surface area (Å²) in [6, 6.07) is 23.6. The van der Waals surface area contributed by atoms with Crippen LogP contribution in [0.4, 0.5) is 0 Å². The van der Waals surface area contributed by atoms with Crippen LogP contribution in [-0.2, 0) is 6.42 Å². The molecule has 0 fully saturated rings. The van der Waals surface area contributed by atoms with E-state index in [9.17, 15) is 0 Å². The number of rotatable bonds is 5. The van der Waals surface area contributed by atoms with E-state index < -0.39 is 0 Å². The van der Waals surface area contributed by atoms with Crippen LogP contribution >= 0.6 is 11.6 Å². The molecule has 0 atom stereocenters. The Kier molecular flexibility index (Phi) is 5.76. The second-order valence-corrected chi connectivity index (χ2v) is 8.10. The second-order valence-electron chi connectivity index (χ2n) is 7.66. The molecule has 5 rings (SSSR count). The van der Waals surface area contributed by atoms with E-state index in [4.69, 9.17) is 31.0 Å². The Balaban J connectivity index is 1.78. The molecule has 5 heteroatoms. The zero-order chi connectivity index (χ0) is 22.8. The topological polar surface area (TPSA) is 51.8 Å². The van der Waals surface area contributed by atoms with Gasteiger partial charge < -0.3 is 4.42 Å². The summed E-state index contributed by atoms with van der Waals surface area (Å²) in [4.78, 5) is 14.5. The monoisotopic (exact) mass is 451 g/mol. The lowest BCUT2D eigenvalue weighted by Crippen LogP contribution is -2.00. The van der Waals surface area contributed by atoms with E-state index in [1.165, 1.54) is 5.56 Å². The molecule has 0 amide bonds. The van der Waals surface area contributed by atoms with Crippen molar-refractivity contribution in [3.05, 3.63) is 95.2 Å². The van der Waals surface area contributed by atoms with E-state index in [2.05, 4.69) is 13.0 Å². The molecule has 0 saturated carbocycles. The van der Waals surface area contributed by atoms with Crippen molar-refractivity contribution in [3.8, 4) is 34.2 Å². The van der Waals surface area contributed by atoms with Crippen LogP contribution in [-0.4, -0.2) is 15.0 Å². The van der Waals surface area contributed by atoms with Crippen molar-refractivity contribution in [2.45, 2.75) is 20.3 Å². The zero-order valence-electron chi connectivity index (χ0n) is 18.4. The third-order valence-electron chi connectivity index (χ3n) is 5.51. The molecule has 0 radical (unpaired) electrons. The first-order valence-corrected chi connectivity index (χ1v) is 11.3. The van der Waals surface area contributed by atoms with Gasteiger partial charge in [-0.25, -0.2) is 15.0 Å². The van der Waals surface area contributed by atoms with Gasteiger partial charge in [-0.05, 0) is 37.6 Å². The summed E-state index contributed by atoms with van der Waals surface area (Å²) in [6.45, 7) is 4.13. The van der Waals surface area contributed by atoms with E-state index in [0.717, 1.165) is 39.8 Å². The molecule has 33 heavy (non-hydrogen) atoms. The molecule has 162 valence electrons.